The van der Waals surface area contributed by atoms with E-state index in [0.717, 1.165) is 0 Å². The highest BCUT2D eigenvalue weighted by Gasteiger charge is 2.38. The first kappa shape index (κ1) is 17.0. The van der Waals surface area contributed by atoms with Crippen molar-refractivity contribution in [3.63, 3.8) is 0 Å². The van der Waals surface area contributed by atoms with Gasteiger partial charge < -0.3 is 5.73 Å². The summed E-state index contributed by atoms with van der Waals surface area (Å²) in [7, 11) is 0. The van der Waals surface area contributed by atoms with Gasteiger partial charge in [0.2, 0.25) is 0 Å². The molecule has 0 aliphatic heterocycles. The second-order valence-corrected chi connectivity index (χ2v) is 6.23. The zero-order chi connectivity index (χ0) is 13.4. The van der Waals surface area contributed by atoms with Crippen LogP contribution in [-0.4, -0.2) is 5.54 Å². The smallest absolute Gasteiger partial charge is 0.0154 e. The third kappa shape index (κ3) is 5.42. The van der Waals surface area contributed by atoms with Crippen molar-refractivity contribution < 1.29 is 0 Å². The maximum Gasteiger partial charge on any atom is 0.0154 e. The molecular formula is C16H35N. The number of nitrogens with two attached hydrogens (primary N) is 1. The summed E-state index contributed by atoms with van der Waals surface area (Å²) in [6.07, 6.45) is 12.0. The van der Waals surface area contributed by atoms with Crippen molar-refractivity contribution in [1.29, 1.82) is 0 Å². The molecule has 0 fully saturated rings. The van der Waals surface area contributed by atoms with Crippen molar-refractivity contribution in [3.05, 3.63) is 0 Å². The Labute approximate surface area is 110 Å². The molecule has 2 N–H and O–H groups in total. The zero-order valence-electron chi connectivity index (χ0n) is 12.9. The fourth-order valence-electron chi connectivity index (χ4n) is 3.08. The van der Waals surface area contributed by atoms with Crippen molar-refractivity contribution in [3.8, 4) is 0 Å². The van der Waals surface area contributed by atoms with Gasteiger partial charge in [-0.3, -0.25) is 0 Å². The third-order valence-corrected chi connectivity index (χ3v) is 4.73. The molecule has 1 nitrogen and oxygen atoms in total. The minimum atomic E-state index is -0.0417. The zero-order valence-corrected chi connectivity index (χ0v) is 12.9. The van der Waals surface area contributed by atoms with Gasteiger partial charge in [-0.1, -0.05) is 59.3 Å². The molecule has 104 valence electrons. The Morgan fingerprint density at radius 1 is 0.765 bits per heavy atom. The van der Waals surface area contributed by atoms with E-state index >= 15 is 0 Å². The van der Waals surface area contributed by atoms with E-state index in [1.165, 1.54) is 57.8 Å². The normalized spacial score (nSPS) is 13.1. The van der Waals surface area contributed by atoms with Crippen LogP contribution < -0.4 is 5.73 Å². The van der Waals surface area contributed by atoms with Crippen LogP contribution in [0, 0.1) is 5.41 Å². The van der Waals surface area contributed by atoms with E-state index < -0.39 is 0 Å². The molecule has 0 radical (unpaired) electrons. The molecule has 17 heavy (non-hydrogen) atoms. The molecule has 0 bridgehead atoms. The summed E-state index contributed by atoms with van der Waals surface area (Å²) in [6.45, 7) is 11.3. The molecule has 0 saturated carbocycles. The average molecular weight is 241 g/mol. The fraction of sp³-hybridized carbons (Fsp3) is 1.00. The maximum absolute atomic E-state index is 6.40. The lowest BCUT2D eigenvalue weighted by molar-refractivity contribution is 0.116. The van der Waals surface area contributed by atoms with Crippen LogP contribution in [0.2, 0.25) is 0 Å². The summed E-state index contributed by atoms with van der Waals surface area (Å²) in [5.41, 5.74) is 6.70. The fourth-order valence-corrected chi connectivity index (χ4v) is 3.08. The lowest BCUT2D eigenvalue weighted by Crippen LogP contribution is -2.50. The van der Waals surface area contributed by atoms with Gasteiger partial charge in [-0.15, -0.1) is 0 Å². The number of rotatable bonds is 10. The van der Waals surface area contributed by atoms with Crippen LogP contribution >= 0.6 is 0 Å². The molecule has 0 spiro atoms. The SMILES string of the molecule is CCCCCCCCC(CC)(CC)C(C)(C)N. The summed E-state index contributed by atoms with van der Waals surface area (Å²) < 4.78 is 0. The van der Waals surface area contributed by atoms with Crippen LogP contribution in [0.4, 0.5) is 0 Å². The third-order valence-electron chi connectivity index (χ3n) is 4.73. The molecule has 0 amide bonds. The summed E-state index contributed by atoms with van der Waals surface area (Å²) in [6, 6.07) is 0. The van der Waals surface area contributed by atoms with Crippen LogP contribution in [-0.2, 0) is 0 Å². The topological polar surface area (TPSA) is 26.0 Å². The Hall–Kier alpha value is -0.0400. The number of hydrogen-bond donors (Lipinski definition) is 1. The van der Waals surface area contributed by atoms with Crippen molar-refractivity contribution >= 4 is 0 Å². The van der Waals surface area contributed by atoms with E-state index in [9.17, 15) is 0 Å². The van der Waals surface area contributed by atoms with Crippen molar-refractivity contribution in [1.82, 2.24) is 0 Å². The van der Waals surface area contributed by atoms with Gasteiger partial charge in [-0.2, -0.15) is 0 Å². The van der Waals surface area contributed by atoms with E-state index in [1.807, 2.05) is 0 Å². The molecule has 0 unspecified atom stereocenters. The molecule has 0 aromatic rings. The van der Waals surface area contributed by atoms with E-state index in [0.29, 0.717) is 5.41 Å². The Kier molecular flexibility index (Phi) is 8.11. The number of hydrogen-bond acceptors (Lipinski definition) is 1. The van der Waals surface area contributed by atoms with Gasteiger partial charge in [0.15, 0.2) is 0 Å². The minimum absolute atomic E-state index is 0.0417. The number of unbranched alkanes of at least 4 members (excludes halogenated alkanes) is 5. The van der Waals surface area contributed by atoms with Crippen molar-refractivity contribution in [2.45, 2.75) is 97.9 Å². The second kappa shape index (κ2) is 8.13. The quantitative estimate of drug-likeness (QED) is 0.517. The molecule has 0 heterocycles. The van der Waals surface area contributed by atoms with Crippen molar-refractivity contribution in [2.75, 3.05) is 0 Å². The summed E-state index contributed by atoms with van der Waals surface area (Å²) in [5.74, 6) is 0. The Bertz CT molecular complexity index is 174. The highest BCUT2D eigenvalue weighted by molar-refractivity contribution is 4.94. The molecule has 0 aromatic carbocycles. The summed E-state index contributed by atoms with van der Waals surface area (Å²) in [5, 5.41) is 0. The van der Waals surface area contributed by atoms with E-state index in [4.69, 9.17) is 5.73 Å². The largest absolute Gasteiger partial charge is 0.325 e. The highest BCUT2D eigenvalue weighted by Crippen LogP contribution is 2.41. The van der Waals surface area contributed by atoms with Crippen LogP contribution in [0.25, 0.3) is 0 Å². The van der Waals surface area contributed by atoms with Gasteiger partial charge in [0.25, 0.3) is 0 Å². The standard InChI is InChI=1S/C16H35N/c1-6-9-10-11-12-13-14-16(7-2,8-3)15(4,5)17/h6-14,17H2,1-5H3. The lowest BCUT2D eigenvalue weighted by atomic mass is 9.65. The molecular weight excluding hydrogens is 206 g/mol. The van der Waals surface area contributed by atoms with Crippen LogP contribution in [0.3, 0.4) is 0 Å². The molecule has 0 saturated heterocycles. The van der Waals surface area contributed by atoms with Gasteiger partial charge in [-0.05, 0) is 38.5 Å². The average Bonchev–Trinajstić information content (AvgIpc) is 2.27. The predicted molar refractivity (Wildman–Crippen MR) is 79.3 cm³/mol. The van der Waals surface area contributed by atoms with Crippen LogP contribution in [0.15, 0.2) is 0 Å². The van der Waals surface area contributed by atoms with Gasteiger partial charge in [-0.25, -0.2) is 0 Å². The monoisotopic (exact) mass is 241 g/mol. The van der Waals surface area contributed by atoms with E-state index in [1.54, 1.807) is 0 Å². The summed E-state index contributed by atoms with van der Waals surface area (Å²) >= 11 is 0. The van der Waals surface area contributed by atoms with Gasteiger partial charge in [0.1, 0.15) is 0 Å². The Morgan fingerprint density at radius 2 is 1.24 bits per heavy atom. The van der Waals surface area contributed by atoms with Crippen LogP contribution in [0.1, 0.15) is 92.4 Å². The molecule has 0 atom stereocenters. The molecule has 0 aliphatic carbocycles. The molecule has 0 aromatic heterocycles. The first-order chi connectivity index (χ1) is 7.93. The second-order valence-electron chi connectivity index (χ2n) is 6.23. The van der Waals surface area contributed by atoms with Crippen LogP contribution in [0.5, 0.6) is 0 Å². The molecule has 0 aliphatic rings. The van der Waals surface area contributed by atoms with Gasteiger partial charge >= 0.3 is 0 Å². The predicted octanol–water partition coefficient (Wildman–Crippen LogP) is 5.28. The first-order valence-electron chi connectivity index (χ1n) is 7.72. The van der Waals surface area contributed by atoms with E-state index in [2.05, 4.69) is 34.6 Å². The van der Waals surface area contributed by atoms with E-state index in [-0.39, 0.29) is 5.54 Å². The lowest BCUT2D eigenvalue weighted by Gasteiger charge is -2.44. The van der Waals surface area contributed by atoms with Gasteiger partial charge in [0.05, 0.1) is 0 Å². The van der Waals surface area contributed by atoms with Gasteiger partial charge in [0, 0.05) is 5.54 Å². The minimum Gasteiger partial charge on any atom is -0.325 e. The molecule has 0 rings (SSSR count). The van der Waals surface area contributed by atoms with Crippen molar-refractivity contribution in [2.24, 2.45) is 11.1 Å². The Balaban J connectivity index is 4.02. The highest BCUT2D eigenvalue weighted by atomic mass is 14.8. The summed E-state index contributed by atoms with van der Waals surface area (Å²) in [4.78, 5) is 0. The molecule has 1 heteroatoms. The Morgan fingerprint density at radius 3 is 1.65 bits per heavy atom. The maximum atomic E-state index is 6.40. The first-order valence-corrected chi connectivity index (χ1v) is 7.72.